The molecular weight excluding hydrogens is 164 g/mol. The van der Waals surface area contributed by atoms with Crippen molar-refractivity contribution in [3.05, 3.63) is 0 Å². The summed E-state index contributed by atoms with van der Waals surface area (Å²) in [5, 5.41) is 3.50. The van der Waals surface area contributed by atoms with Crippen LogP contribution in [0.5, 0.6) is 0 Å². The topological polar surface area (TPSA) is 24.5 Å². The minimum absolute atomic E-state index is 0.0653. The van der Waals surface area contributed by atoms with Gasteiger partial charge in [-0.05, 0) is 33.9 Å². The molecule has 0 saturated carbocycles. The maximum Gasteiger partial charge on any atom is 0.121 e. The lowest BCUT2D eigenvalue weighted by Gasteiger charge is -2.31. The molecule has 3 heteroatoms. The Bertz CT molecular complexity index is 197. The first-order valence-corrected chi connectivity index (χ1v) is 5.21. The van der Waals surface area contributed by atoms with Gasteiger partial charge in [0.25, 0.3) is 0 Å². The first-order valence-electron chi connectivity index (χ1n) is 5.21. The minimum Gasteiger partial charge on any atom is -0.356 e. The van der Waals surface area contributed by atoms with E-state index in [1.807, 2.05) is 0 Å². The first kappa shape index (κ1) is 9.44. The number of likely N-dealkylation sites (tertiary alicyclic amines) is 1. The number of hydrogen-bond acceptors (Lipinski definition) is 3. The van der Waals surface area contributed by atoms with E-state index in [0.29, 0.717) is 12.0 Å². The van der Waals surface area contributed by atoms with E-state index >= 15 is 0 Å². The van der Waals surface area contributed by atoms with Gasteiger partial charge in [-0.2, -0.15) is 0 Å². The first-order chi connectivity index (χ1) is 6.10. The Labute approximate surface area is 80.4 Å². The fourth-order valence-electron chi connectivity index (χ4n) is 2.47. The molecule has 3 nitrogen and oxygen atoms in total. The highest BCUT2D eigenvalue weighted by molar-refractivity contribution is 4.92. The average molecular weight is 184 g/mol. The van der Waals surface area contributed by atoms with Crippen LogP contribution in [0.4, 0.5) is 0 Å². The zero-order valence-electron chi connectivity index (χ0n) is 8.84. The lowest BCUT2D eigenvalue weighted by Crippen LogP contribution is -2.46. The molecule has 2 aliphatic heterocycles. The largest absolute Gasteiger partial charge is 0.356 e. The predicted octanol–water partition coefficient (Wildman–Crippen LogP) is 0.663. The van der Waals surface area contributed by atoms with Crippen LogP contribution in [0.1, 0.15) is 20.3 Å². The van der Waals surface area contributed by atoms with Gasteiger partial charge < -0.3 is 9.64 Å². The summed E-state index contributed by atoms with van der Waals surface area (Å²) in [4.78, 5) is 2.38. The summed E-state index contributed by atoms with van der Waals surface area (Å²) >= 11 is 0. The SMILES string of the molecule is CC1CNC(C)(C2CCN(C)C2)O1. The van der Waals surface area contributed by atoms with Crippen LogP contribution in [0.3, 0.4) is 0 Å². The molecule has 13 heavy (non-hydrogen) atoms. The highest BCUT2D eigenvalue weighted by atomic mass is 16.5. The fourth-order valence-corrected chi connectivity index (χ4v) is 2.47. The summed E-state index contributed by atoms with van der Waals surface area (Å²) < 4.78 is 5.94. The van der Waals surface area contributed by atoms with Crippen molar-refractivity contribution < 1.29 is 4.74 Å². The third-order valence-electron chi connectivity index (χ3n) is 3.36. The fraction of sp³-hybridized carbons (Fsp3) is 1.00. The van der Waals surface area contributed by atoms with Gasteiger partial charge >= 0.3 is 0 Å². The monoisotopic (exact) mass is 184 g/mol. The van der Waals surface area contributed by atoms with Crippen LogP contribution in [0, 0.1) is 5.92 Å². The van der Waals surface area contributed by atoms with Crippen LogP contribution in [-0.2, 0) is 4.74 Å². The molecule has 0 bridgehead atoms. The number of nitrogens with zero attached hydrogens (tertiary/aromatic N) is 1. The molecule has 76 valence electrons. The second-order valence-electron chi connectivity index (χ2n) is 4.66. The molecule has 1 N–H and O–H groups in total. The smallest absolute Gasteiger partial charge is 0.121 e. The summed E-state index contributed by atoms with van der Waals surface area (Å²) in [6.45, 7) is 7.70. The van der Waals surface area contributed by atoms with E-state index in [0.717, 1.165) is 13.1 Å². The molecule has 2 fully saturated rings. The molecule has 2 heterocycles. The molecule has 0 spiro atoms. The Morgan fingerprint density at radius 2 is 2.31 bits per heavy atom. The summed E-state index contributed by atoms with van der Waals surface area (Å²) in [5.41, 5.74) is -0.0653. The number of ether oxygens (including phenoxy) is 1. The second-order valence-corrected chi connectivity index (χ2v) is 4.66. The highest BCUT2D eigenvalue weighted by Gasteiger charge is 2.42. The maximum absolute atomic E-state index is 5.94. The molecule has 2 saturated heterocycles. The molecular formula is C10H20N2O. The van der Waals surface area contributed by atoms with Gasteiger partial charge in [-0.15, -0.1) is 0 Å². The molecule has 0 radical (unpaired) electrons. The van der Waals surface area contributed by atoms with Crippen molar-refractivity contribution in [3.8, 4) is 0 Å². The third-order valence-corrected chi connectivity index (χ3v) is 3.36. The van der Waals surface area contributed by atoms with E-state index in [4.69, 9.17) is 4.74 Å². The summed E-state index contributed by atoms with van der Waals surface area (Å²) in [5.74, 6) is 0.655. The zero-order valence-corrected chi connectivity index (χ0v) is 8.84. The van der Waals surface area contributed by atoms with Gasteiger partial charge in [0, 0.05) is 19.0 Å². The van der Waals surface area contributed by atoms with Crippen LogP contribution in [0.25, 0.3) is 0 Å². The van der Waals surface area contributed by atoms with Crippen molar-refractivity contribution in [1.29, 1.82) is 0 Å². The summed E-state index contributed by atoms with van der Waals surface area (Å²) in [7, 11) is 2.18. The molecule has 3 unspecified atom stereocenters. The van der Waals surface area contributed by atoms with Crippen LogP contribution < -0.4 is 5.32 Å². The van der Waals surface area contributed by atoms with Gasteiger partial charge in [0.15, 0.2) is 0 Å². The Morgan fingerprint density at radius 3 is 2.77 bits per heavy atom. The van der Waals surface area contributed by atoms with Crippen molar-refractivity contribution in [2.75, 3.05) is 26.7 Å². The van der Waals surface area contributed by atoms with Gasteiger partial charge in [0.1, 0.15) is 5.72 Å². The van der Waals surface area contributed by atoms with Crippen LogP contribution in [0.15, 0.2) is 0 Å². The van der Waals surface area contributed by atoms with Gasteiger partial charge in [-0.25, -0.2) is 0 Å². The lowest BCUT2D eigenvalue weighted by atomic mass is 9.97. The van der Waals surface area contributed by atoms with Gasteiger partial charge in [0.2, 0.25) is 0 Å². The van der Waals surface area contributed by atoms with E-state index < -0.39 is 0 Å². The van der Waals surface area contributed by atoms with Crippen molar-refractivity contribution in [3.63, 3.8) is 0 Å². The lowest BCUT2D eigenvalue weighted by molar-refractivity contribution is -0.0681. The Kier molecular flexibility index (Phi) is 2.34. The van der Waals surface area contributed by atoms with Crippen molar-refractivity contribution >= 4 is 0 Å². The van der Waals surface area contributed by atoms with E-state index in [1.54, 1.807) is 0 Å². The predicted molar refractivity (Wildman–Crippen MR) is 52.6 cm³/mol. The zero-order chi connectivity index (χ0) is 9.47. The van der Waals surface area contributed by atoms with Crippen LogP contribution in [-0.4, -0.2) is 43.4 Å². The van der Waals surface area contributed by atoms with E-state index in [-0.39, 0.29) is 5.72 Å². The standard InChI is InChI=1S/C10H20N2O/c1-8-6-11-10(2,13-8)9-4-5-12(3)7-9/h8-9,11H,4-7H2,1-3H3. The Morgan fingerprint density at radius 1 is 1.54 bits per heavy atom. The number of rotatable bonds is 1. The maximum atomic E-state index is 5.94. The van der Waals surface area contributed by atoms with Crippen LogP contribution >= 0.6 is 0 Å². The molecule has 0 amide bonds. The molecule has 2 rings (SSSR count). The van der Waals surface area contributed by atoms with Crippen LogP contribution in [0.2, 0.25) is 0 Å². The van der Waals surface area contributed by atoms with Gasteiger partial charge in [-0.3, -0.25) is 5.32 Å². The van der Waals surface area contributed by atoms with Crippen molar-refractivity contribution in [2.24, 2.45) is 5.92 Å². The van der Waals surface area contributed by atoms with Crippen molar-refractivity contribution in [2.45, 2.75) is 32.1 Å². The molecule has 0 aliphatic carbocycles. The molecule has 0 aromatic heterocycles. The van der Waals surface area contributed by atoms with E-state index in [1.165, 1.54) is 13.0 Å². The van der Waals surface area contributed by atoms with E-state index in [2.05, 4.69) is 31.1 Å². The molecule has 0 aromatic carbocycles. The summed E-state index contributed by atoms with van der Waals surface area (Å²) in [6.07, 6.45) is 1.63. The van der Waals surface area contributed by atoms with Crippen molar-refractivity contribution in [1.82, 2.24) is 10.2 Å². The van der Waals surface area contributed by atoms with Gasteiger partial charge in [0.05, 0.1) is 6.10 Å². The summed E-state index contributed by atoms with van der Waals surface area (Å²) in [6, 6.07) is 0. The quantitative estimate of drug-likeness (QED) is 0.648. The van der Waals surface area contributed by atoms with Gasteiger partial charge in [-0.1, -0.05) is 0 Å². The normalized spacial score (nSPS) is 47.3. The number of nitrogens with one attached hydrogen (secondary N) is 1. The average Bonchev–Trinajstić information content (AvgIpc) is 2.60. The molecule has 3 atom stereocenters. The highest BCUT2D eigenvalue weighted by Crippen LogP contribution is 2.31. The van der Waals surface area contributed by atoms with E-state index in [9.17, 15) is 0 Å². The Balaban J connectivity index is 1.99. The third kappa shape index (κ3) is 1.73. The Hall–Kier alpha value is -0.120. The number of hydrogen-bond donors (Lipinski definition) is 1. The molecule has 0 aromatic rings. The second kappa shape index (κ2) is 3.23. The molecule has 2 aliphatic rings. The minimum atomic E-state index is -0.0653.